The zero-order valence-corrected chi connectivity index (χ0v) is 12.5. The highest BCUT2D eigenvalue weighted by Gasteiger charge is 2.25. The van der Waals surface area contributed by atoms with Gasteiger partial charge in [0.2, 0.25) is 0 Å². The molecule has 108 valence electrons. The lowest BCUT2D eigenvalue weighted by Crippen LogP contribution is -2.15. The first-order valence-electron chi connectivity index (χ1n) is 6.38. The van der Waals surface area contributed by atoms with E-state index in [2.05, 4.69) is 10.2 Å². The molecule has 1 fully saturated rings. The second-order valence-electron chi connectivity index (χ2n) is 4.84. The molecule has 1 aromatic heterocycles. The standard InChI is InChI=1S/C11H18ClN3O3S/c1-18-7-6-15-10(8-9-4-2-3-5-9)13-14-11(15)19(12,16)17/h9H,2-8H2,1H3. The van der Waals surface area contributed by atoms with Gasteiger partial charge in [-0.1, -0.05) is 25.7 Å². The summed E-state index contributed by atoms with van der Waals surface area (Å²) in [5.74, 6) is 1.25. The van der Waals surface area contributed by atoms with E-state index in [9.17, 15) is 8.42 Å². The van der Waals surface area contributed by atoms with Gasteiger partial charge in [-0.2, -0.15) is 0 Å². The van der Waals surface area contributed by atoms with Gasteiger partial charge in [0, 0.05) is 30.8 Å². The second kappa shape index (κ2) is 6.19. The van der Waals surface area contributed by atoms with Crippen LogP contribution in [0.4, 0.5) is 0 Å². The normalized spacial score (nSPS) is 17.2. The van der Waals surface area contributed by atoms with Crippen molar-refractivity contribution in [2.45, 2.75) is 43.8 Å². The molecule has 1 heterocycles. The van der Waals surface area contributed by atoms with Crippen molar-refractivity contribution in [1.29, 1.82) is 0 Å². The van der Waals surface area contributed by atoms with Crippen LogP contribution < -0.4 is 0 Å². The molecule has 0 aromatic carbocycles. The Morgan fingerprint density at radius 2 is 2.05 bits per heavy atom. The molecule has 1 saturated carbocycles. The third kappa shape index (κ3) is 3.67. The van der Waals surface area contributed by atoms with Gasteiger partial charge in [-0.05, 0) is 5.92 Å². The largest absolute Gasteiger partial charge is 0.383 e. The Hall–Kier alpha value is -0.660. The average Bonchev–Trinajstić information content (AvgIpc) is 2.96. The minimum absolute atomic E-state index is 0.181. The van der Waals surface area contributed by atoms with Gasteiger partial charge < -0.3 is 4.74 Å². The molecule has 0 spiro atoms. The van der Waals surface area contributed by atoms with Crippen LogP contribution in [-0.2, 0) is 26.8 Å². The molecular formula is C11H18ClN3O3S. The van der Waals surface area contributed by atoms with E-state index in [1.54, 1.807) is 11.7 Å². The Balaban J connectivity index is 2.23. The van der Waals surface area contributed by atoms with Gasteiger partial charge in [-0.25, -0.2) is 8.42 Å². The molecule has 8 heteroatoms. The number of rotatable bonds is 6. The molecule has 0 amide bonds. The summed E-state index contributed by atoms with van der Waals surface area (Å²) in [6.07, 6.45) is 5.55. The summed E-state index contributed by atoms with van der Waals surface area (Å²) in [5, 5.41) is 7.53. The first kappa shape index (κ1) is 14.7. The third-order valence-corrected chi connectivity index (χ3v) is 4.63. The lowest BCUT2D eigenvalue weighted by Gasteiger charge is -2.11. The molecule has 0 unspecified atom stereocenters. The van der Waals surface area contributed by atoms with Gasteiger partial charge >= 0.3 is 0 Å². The number of hydrogen-bond acceptors (Lipinski definition) is 5. The van der Waals surface area contributed by atoms with Gasteiger partial charge in [-0.3, -0.25) is 4.57 Å². The zero-order valence-electron chi connectivity index (χ0n) is 10.9. The number of methoxy groups -OCH3 is 1. The van der Waals surface area contributed by atoms with Crippen molar-refractivity contribution in [3.63, 3.8) is 0 Å². The fourth-order valence-corrected chi connectivity index (χ4v) is 3.47. The van der Waals surface area contributed by atoms with E-state index < -0.39 is 9.05 Å². The number of nitrogens with zero attached hydrogens (tertiary/aromatic N) is 3. The Bertz CT molecular complexity index is 523. The van der Waals surface area contributed by atoms with Crippen LogP contribution in [0.1, 0.15) is 31.5 Å². The molecule has 0 N–H and O–H groups in total. The predicted octanol–water partition coefficient (Wildman–Crippen LogP) is 1.58. The maximum Gasteiger partial charge on any atom is 0.296 e. The van der Waals surface area contributed by atoms with Crippen LogP contribution in [0.2, 0.25) is 0 Å². The smallest absolute Gasteiger partial charge is 0.296 e. The van der Waals surface area contributed by atoms with Crippen molar-refractivity contribution >= 4 is 19.7 Å². The molecule has 0 saturated heterocycles. The van der Waals surface area contributed by atoms with Crippen LogP contribution in [0.15, 0.2) is 5.16 Å². The number of ether oxygens (including phenoxy) is 1. The highest BCUT2D eigenvalue weighted by Crippen LogP contribution is 2.28. The molecule has 0 bridgehead atoms. The van der Waals surface area contributed by atoms with E-state index in [0.29, 0.717) is 24.9 Å². The lowest BCUT2D eigenvalue weighted by atomic mass is 10.0. The molecule has 1 aliphatic rings. The summed E-state index contributed by atoms with van der Waals surface area (Å²) in [6.45, 7) is 0.794. The molecule has 19 heavy (non-hydrogen) atoms. The summed E-state index contributed by atoms with van der Waals surface area (Å²) < 4.78 is 29.5. The summed E-state index contributed by atoms with van der Waals surface area (Å²) >= 11 is 0. The monoisotopic (exact) mass is 307 g/mol. The molecule has 6 nitrogen and oxygen atoms in total. The molecule has 0 radical (unpaired) electrons. The molecule has 2 rings (SSSR count). The maximum absolute atomic E-state index is 11.5. The van der Waals surface area contributed by atoms with Gasteiger partial charge in [0.15, 0.2) is 0 Å². The van der Waals surface area contributed by atoms with Gasteiger partial charge in [0.05, 0.1) is 6.61 Å². The zero-order chi connectivity index (χ0) is 13.9. The van der Waals surface area contributed by atoms with Crippen LogP contribution in [-0.4, -0.2) is 36.9 Å². The fraction of sp³-hybridized carbons (Fsp3) is 0.818. The number of hydrogen-bond donors (Lipinski definition) is 0. The predicted molar refractivity (Wildman–Crippen MR) is 70.6 cm³/mol. The van der Waals surface area contributed by atoms with Crippen molar-refractivity contribution in [2.24, 2.45) is 5.92 Å². The summed E-state index contributed by atoms with van der Waals surface area (Å²) in [7, 11) is 3.08. The SMILES string of the molecule is COCCn1c(CC2CCCC2)nnc1S(=O)(=O)Cl. The Kier molecular flexibility index (Phi) is 4.81. The Labute approximate surface area is 117 Å². The van der Waals surface area contributed by atoms with Crippen molar-refractivity contribution in [2.75, 3.05) is 13.7 Å². The van der Waals surface area contributed by atoms with Crippen LogP contribution >= 0.6 is 10.7 Å². The summed E-state index contributed by atoms with van der Waals surface area (Å²) in [4.78, 5) is 0. The van der Waals surface area contributed by atoms with Gasteiger partial charge in [-0.15, -0.1) is 10.2 Å². The van der Waals surface area contributed by atoms with Crippen molar-refractivity contribution < 1.29 is 13.2 Å². The summed E-state index contributed by atoms with van der Waals surface area (Å²) in [5.41, 5.74) is 0. The van der Waals surface area contributed by atoms with Crippen molar-refractivity contribution in [3.05, 3.63) is 5.82 Å². The van der Waals surface area contributed by atoms with Crippen molar-refractivity contribution in [1.82, 2.24) is 14.8 Å². The van der Waals surface area contributed by atoms with E-state index in [1.807, 2.05) is 0 Å². The molecule has 0 atom stereocenters. The second-order valence-corrected chi connectivity index (χ2v) is 7.30. The van der Waals surface area contributed by atoms with Crippen LogP contribution in [0, 0.1) is 5.92 Å². The molecule has 1 aliphatic carbocycles. The fourth-order valence-electron chi connectivity index (χ4n) is 2.53. The molecule has 0 aliphatic heterocycles. The van der Waals surface area contributed by atoms with Gasteiger partial charge in [0.1, 0.15) is 5.82 Å². The molecular weight excluding hydrogens is 290 g/mol. The highest BCUT2D eigenvalue weighted by atomic mass is 35.7. The van der Waals surface area contributed by atoms with Crippen molar-refractivity contribution in [3.8, 4) is 0 Å². The maximum atomic E-state index is 11.5. The van der Waals surface area contributed by atoms with E-state index in [1.165, 1.54) is 25.7 Å². The minimum atomic E-state index is -3.87. The van der Waals surface area contributed by atoms with Crippen LogP contribution in [0.25, 0.3) is 0 Å². The van der Waals surface area contributed by atoms with E-state index in [-0.39, 0.29) is 5.16 Å². The Morgan fingerprint density at radius 1 is 1.37 bits per heavy atom. The van der Waals surface area contributed by atoms with E-state index in [0.717, 1.165) is 6.42 Å². The van der Waals surface area contributed by atoms with Gasteiger partial charge in [0.25, 0.3) is 14.2 Å². The van der Waals surface area contributed by atoms with E-state index >= 15 is 0 Å². The Morgan fingerprint density at radius 3 is 2.63 bits per heavy atom. The average molecular weight is 308 g/mol. The highest BCUT2D eigenvalue weighted by molar-refractivity contribution is 8.13. The number of halogens is 1. The third-order valence-electron chi connectivity index (χ3n) is 3.48. The van der Waals surface area contributed by atoms with E-state index in [4.69, 9.17) is 15.4 Å². The van der Waals surface area contributed by atoms with Crippen LogP contribution in [0.5, 0.6) is 0 Å². The minimum Gasteiger partial charge on any atom is -0.383 e. The first-order valence-corrected chi connectivity index (χ1v) is 8.69. The molecule has 1 aromatic rings. The summed E-state index contributed by atoms with van der Waals surface area (Å²) in [6, 6.07) is 0. The topological polar surface area (TPSA) is 74.1 Å². The first-order chi connectivity index (χ1) is 9.02. The quantitative estimate of drug-likeness (QED) is 0.746. The lowest BCUT2D eigenvalue weighted by molar-refractivity contribution is 0.183. The van der Waals surface area contributed by atoms with Crippen LogP contribution in [0.3, 0.4) is 0 Å². The number of aromatic nitrogens is 3.